The maximum Gasteiger partial charge on any atom is 0.216 e. The SMILES string of the molecule is CC1=NC2C3C=C(COc4ccccc4-c4cccc[n+]4C3)C2c2ccc(C)cc21. The van der Waals surface area contributed by atoms with Crippen LogP contribution in [-0.2, 0) is 6.54 Å². The van der Waals surface area contributed by atoms with Gasteiger partial charge in [0.05, 0.1) is 17.5 Å². The number of pyridine rings is 1. The highest BCUT2D eigenvalue weighted by atomic mass is 16.5. The molecular weight excluding hydrogens is 368 g/mol. The van der Waals surface area contributed by atoms with Gasteiger partial charge in [0.25, 0.3) is 0 Å². The smallest absolute Gasteiger partial charge is 0.216 e. The zero-order valence-corrected chi connectivity index (χ0v) is 17.4. The number of rotatable bonds is 0. The van der Waals surface area contributed by atoms with Crippen LogP contribution in [0.4, 0.5) is 0 Å². The Kier molecular flexibility index (Phi) is 3.92. The van der Waals surface area contributed by atoms with E-state index in [4.69, 9.17) is 9.73 Å². The van der Waals surface area contributed by atoms with Crippen molar-refractivity contribution >= 4 is 5.71 Å². The van der Waals surface area contributed by atoms with Crippen LogP contribution in [0.25, 0.3) is 11.3 Å². The molecule has 0 radical (unpaired) electrons. The van der Waals surface area contributed by atoms with Crippen LogP contribution >= 0.6 is 0 Å². The van der Waals surface area contributed by atoms with E-state index >= 15 is 0 Å². The van der Waals surface area contributed by atoms with Gasteiger partial charge in [-0.15, -0.1) is 0 Å². The Bertz CT molecular complexity index is 1220. The van der Waals surface area contributed by atoms with Crippen LogP contribution in [-0.4, -0.2) is 18.4 Å². The fraction of sp³-hybridized carbons (Fsp3) is 0.259. The lowest BCUT2D eigenvalue weighted by molar-refractivity contribution is -0.691. The van der Waals surface area contributed by atoms with E-state index in [0.29, 0.717) is 18.4 Å². The summed E-state index contributed by atoms with van der Waals surface area (Å²) in [5, 5.41) is 0. The molecular formula is C27H25N2O+. The van der Waals surface area contributed by atoms with E-state index in [-0.39, 0.29) is 6.04 Å². The first-order valence-corrected chi connectivity index (χ1v) is 10.8. The first kappa shape index (κ1) is 17.6. The van der Waals surface area contributed by atoms with Crippen molar-refractivity contribution in [3.8, 4) is 17.0 Å². The van der Waals surface area contributed by atoms with Crippen LogP contribution in [0.5, 0.6) is 5.75 Å². The van der Waals surface area contributed by atoms with Crippen LogP contribution < -0.4 is 9.30 Å². The Morgan fingerprint density at radius 2 is 1.83 bits per heavy atom. The standard InChI is InChI=1S/C27H25N2O/c1-17-10-11-21-23(13-17)18(2)28-27-19-14-20(26(21)27)16-30-25-9-4-3-7-22(25)24-8-5-6-12-29(24)15-19/h3-14,19,26-27H,15-16H2,1-2H3/q+1. The van der Waals surface area contributed by atoms with Crippen molar-refractivity contribution in [1.29, 1.82) is 0 Å². The van der Waals surface area contributed by atoms with Crippen molar-refractivity contribution in [2.45, 2.75) is 32.4 Å². The van der Waals surface area contributed by atoms with E-state index in [1.807, 2.05) is 0 Å². The zero-order chi connectivity index (χ0) is 20.2. The van der Waals surface area contributed by atoms with Gasteiger partial charge in [-0.1, -0.05) is 35.9 Å². The summed E-state index contributed by atoms with van der Waals surface area (Å²) in [5.74, 6) is 1.60. The van der Waals surface area contributed by atoms with Gasteiger partial charge in [0.15, 0.2) is 12.7 Å². The lowest BCUT2D eigenvalue weighted by Crippen LogP contribution is -2.42. The number of para-hydroxylation sites is 1. The molecule has 0 fully saturated rings. The minimum Gasteiger partial charge on any atom is -0.488 e. The largest absolute Gasteiger partial charge is 0.488 e. The van der Waals surface area contributed by atoms with Gasteiger partial charge < -0.3 is 4.74 Å². The number of nitrogens with zero attached hydrogens (tertiary/aromatic N) is 2. The number of fused-ring (bicyclic) bond motifs is 9. The number of aromatic nitrogens is 1. The molecule has 2 aromatic carbocycles. The van der Waals surface area contributed by atoms with E-state index in [0.717, 1.165) is 23.6 Å². The third kappa shape index (κ3) is 2.65. The van der Waals surface area contributed by atoms with E-state index in [9.17, 15) is 0 Å². The summed E-state index contributed by atoms with van der Waals surface area (Å²) in [5.41, 5.74) is 8.86. The first-order valence-electron chi connectivity index (χ1n) is 10.8. The lowest BCUT2D eigenvalue weighted by Gasteiger charge is -2.30. The van der Waals surface area contributed by atoms with Crippen molar-refractivity contribution in [3.63, 3.8) is 0 Å². The van der Waals surface area contributed by atoms with Crippen molar-refractivity contribution < 1.29 is 9.30 Å². The Hall–Kier alpha value is -3.20. The van der Waals surface area contributed by atoms with Gasteiger partial charge in [-0.25, -0.2) is 0 Å². The van der Waals surface area contributed by atoms with Gasteiger partial charge in [0.1, 0.15) is 12.4 Å². The van der Waals surface area contributed by atoms with Crippen LogP contribution in [0.1, 0.15) is 29.5 Å². The number of aryl methyl sites for hydroxylation is 1. The maximum atomic E-state index is 6.44. The van der Waals surface area contributed by atoms with Gasteiger partial charge >= 0.3 is 0 Å². The van der Waals surface area contributed by atoms with Crippen molar-refractivity contribution in [1.82, 2.24) is 0 Å². The molecule has 3 heterocycles. The highest BCUT2D eigenvalue weighted by molar-refractivity contribution is 6.01. The third-order valence-electron chi connectivity index (χ3n) is 6.79. The van der Waals surface area contributed by atoms with Crippen LogP contribution in [0.15, 0.2) is 83.5 Å². The maximum absolute atomic E-state index is 6.44. The summed E-state index contributed by atoms with van der Waals surface area (Å²) in [6.45, 7) is 5.86. The normalized spacial score (nSPS) is 23.7. The molecule has 3 aliphatic rings. The zero-order valence-electron chi connectivity index (χ0n) is 17.4. The van der Waals surface area contributed by atoms with E-state index in [2.05, 4.69) is 91.4 Å². The summed E-state index contributed by atoms with van der Waals surface area (Å²) in [7, 11) is 0. The van der Waals surface area contributed by atoms with E-state index in [1.165, 1.54) is 28.0 Å². The minimum absolute atomic E-state index is 0.237. The molecule has 3 aromatic rings. The fourth-order valence-electron chi connectivity index (χ4n) is 5.42. The molecule has 0 N–H and O–H groups in total. The molecule has 3 atom stereocenters. The number of benzene rings is 2. The van der Waals surface area contributed by atoms with E-state index < -0.39 is 0 Å². The summed E-state index contributed by atoms with van der Waals surface area (Å²) in [4.78, 5) is 5.23. The highest BCUT2D eigenvalue weighted by Gasteiger charge is 2.44. The minimum atomic E-state index is 0.237. The van der Waals surface area contributed by atoms with E-state index in [1.54, 1.807) is 0 Å². The first-order chi connectivity index (χ1) is 14.7. The average molecular weight is 394 g/mol. The average Bonchev–Trinajstić information content (AvgIpc) is 3.09. The van der Waals surface area contributed by atoms with Gasteiger partial charge in [-0.2, -0.15) is 4.57 Å². The molecule has 0 saturated carbocycles. The third-order valence-corrected chi connectivity index (χ3v) is 6.79. The van der Waals surface area contributed by atoms with Crippen LogP contribution in [0.2, 0.25) is 0 Å². The lowest BCUT2D eigenvalue weighted by atomic mass is 9.80. The van der Waals surface area contributed by atoms with Crippen molar-refractivity contribution in [3.05, 3.63) is 95.2 Å². The summed E-state index contributed by atoms with van der Waals surface area (Å²) in [6.07, 6.45) is 4.63. The second-order valence-corrected chi connectivity index (χ2v) is 8.70. The van der Waals surface area contributed by atoms with Crippen molar-refractivity contribution in [2.75, 3.05) is 6.61 Å². The number of hydrogen-bond donors (Lipinski definition) is 0. The summed E-state index contributed by atoms with van der Waals surface area (Å²) in [6, 6.07) is 21.9. The predicted octanol–water partition coefficient (Wildman–Crippen LogP) is 4.87. The fourth-order valence-corrected chi connectivity index (χ4v) is 5.42. The molecule has 148 valence electrons. The second-order valence-electron chi connectivity index (χ2n) is 8.70. The molecule has 3 heteroatoms. The summed E-state index contributed by atoms with van der Waals surface area (Å²) < 4.78 is 8.80. The van der Waals surface area contributed by atoms with Crippen molar-refractivity contribution in [2.24, 2.45) is 10.9 Å². The number of hydrogen-bond acceptors (Lipinski definition) is 2. The van der Waals surface area contributed by atoms with Crippen LogP contribution in [0, 0.1) is 12.8 Å². The molecule has 0 saturated heterocycles. The molecule has 2 bridgehead atoms. The molecule has 30 heavy (non-hydrogen) atoms. The van der Waals surface area contributed by atoms with Gasteiger partial charge in [-0.3, -0.25) is 4.99 Å². The molecule has 2 aliphatic heterocycles. The molecule has 6 rings (SSSR count). The molecule has 0 spiro atoms. The Balaban J connectivity index is 1.51. The second kappa shape index (κ2) is 6.66. The quantitative estimate of drug-likeness (QED) is 0.395. The summed E-state index contributed by atoms with van der Waals surface area (Å²) >= 11 is 0. The van der Waals surface area contributed by atoms with Gasteiger partial charge in [-0.05, 0) is 54.8 Å². The Morgan fingerprint density at radius 1 is 0.967 bits per heavy atom. The molecule has 0 amide bonds. The Morgan fingerprint density at radius 3 is 2.77 bits per heavy atom. The van der Waals surface area contributed by atoms with Crippen LogP contribution in [0.3, 0.4) is 0 Å². The van der Waals surface area contributed by atoms with Gasteiger partial charge in [0.2, 0.25) is 5.69 Å². The molecule has 3 nitrogen and oxygen atoms in total. The molecule has 1 aliphatic carbocycles. The number of aliphatic imine (C=N–C) groups is 1. The monoisotopic (exact) mass is 393 g/mol. The molecule has 1 aromatic heterocycles. The van der Waals surface area contributed by atoms with Gasteiger partial charge in [0, 0.05) is 23.8 Å². The highest BCUT2D eigenvalue weighted by Crippen LogP contribution is 2.46. The Labute approximate surface area is 177 Å². The number of ether oxygens (including phenoxy) is 1. The predicted molar refractivity (Wildman–Crippen MR) is 119 cm³/mol. The topological polar surface area (TPSA) is 25.5 Å². The molecule has 3 unspecified atom stereocenters.